The standard InChI is InChI=1S/C24H24N2O3/c1-17-8-6-7-11-21(17)26-23(28)22(27)25-16-24(2,29)20-14-12-19(13-15-20)18-9-4-3-5-10-18/h3-15,29H,16H2,1-2H3,(H,25,27)(H,26,28). The molecule has 3 rings (SSSR count). The topological polar surface area (TPSA) is 78.4 Å². The Hall–Kier alpha value is -3.44. The van der Waals surface area contributed by atoms with Gasteiger partial charge >= 0.3 is 11.8 Å². The van der Waals surface area contributed by atoms with Gasteiger partial charge in [-0.05, 0) is 42.2 Å². The third kappa shape index (κ3) is 5.09. The maximum atomic E-state index is 12.1. The van der Waals surface area contributed by atoms with Gasteiger partial charge in [-0.2, -0.15) is 0 Å². The number of para-hydroxylation sites is 1. The summed E-state index contributed by atoms with van der Waals surface area (Å²) in [4.78, 5) is 24.3. The minimum absolute atomic E-state index is 0.0856. The predicted molar refractivity (Wildman–Crippen MR) is 114 cm³/mol. The van der Waals surface area contributed by atoms with Gasteiger partial charge in [-0.3, -0.25) is 9.59 Å². The first kappa shape index (κ1) is 20.3. The van der Waals surface area contributed by atoms with Crippen molar-refractivity contribution in [3.05, 3.63) is 90.0 Å². The minimum atomic E-state index is -1.31. The molecule has 0 saturated heterocycles. The Balaban J connectivity index is 1.61. The van der Waals surface area contributed by atoms with Crippen molar-refractivity contribution in [1.82, 2.24) is 5.32 Å². The first-order chi connectivity index (χ1) is 13.9. The summed E-state index contributed by atoms with van der Waals surface area (Å²) in [6.07, 6.45) is 0. The fourth-order valence-electron chi connectivity index (χ4n) is 2.98. The maximum Gasteiger partial charge on any atom is 0.313 e. The molecule has 5 heteroatoms. The van der Waals surface area contributed by atoms with Crippen molar-refractivity contribution in [3.63, 3.8) is 0 Å². The molecule has 0 radical (unpaired) electrons. The molecule has 1 unspecified atom stereocenters. The first-order valence-electron chi connectivity index (χ1n) is 9.40. The summed E-state index contributed by atoms with van der Waals surface area (Å²) in [6, 6.07) is 24.6. The number of aliphatic hydroxyl groups is 1. The summed E-state index contributed by atoms with van der Waals surface area (Å²) < 4.78 is 0. The van der Waals surface area contributed by atoms with E-state index in [1.54, 1.807) is 19.1 Å². The summed E-state index contributed by atoms with van der Waals surface area (Å²) >= 11 is 0. The molecule has 0 aromatic heterocycles. The van der Waals surface area contributed by atoms with Crippen LogP contribution in [0, 0.1) is 6.92 Å². The van der Waals surface area contributed by atoms with Gasteiger partial charge in [-0.25, -0.2) is 0 Å². The van der Waals surface area contributed by atoms with Crippen molar-refractivity contribution < 1.29 is 14.7 Å². The molecule has 3 N–H and O–H groups in total. The Morgan fingerprint density at radius 3 is 2.07 bits per heavy atom. The molecule has 3 aromatic rings. The molecule has 5 nitrogen and oxygen atoms in total. The fraction of sp³-hybridized carbons (Fsp3) is 0.167. The Morgan fingerprint density at radius 1 is 0.828 bits per heavy atom. The van der Waals surface area contributed by atoms with Gasteiger partial charge in [0.05, 0.1) is 6.54 Å². The average molecular weight is 388 g/mol. The van der Waals surface area contributed by atoms with Crippen molar-refractivity contribution in [2.24, 2.45) is 0 Å². The number of anilines is 1. The molecular formula is C24H24N2O3. The van der Waals surface area contributed by atoms with E-state index in [-0.39, 0.29) is 6.54 Å². The quantitative estimate of drug-likeness (QED) is 0.584. The lowest BCUT2D eigenvalue weighted by molar-refractivity contribution is -0.136. The smallest absolute Gasteiger partial charge is 0.313 e. The lowest BCUT2D eigenvalue weighted by Crippen LogP contribution is -2.43. The number of carbonyl (C=O) groups is 2. The van der Waals surface area contributed by atoms with Gasteiger partial charge < -0.3 is 15.7 Å². The zero-order valence-electron chi connectivity index (χ0n) is 16.5. The minimum Gasteiger partial charge on any atom is -0.384 e. The molecule has 0 saturated carbocycles. The van der Waals surface area contributed by atoms with E-state index in [0.29, 0.717) is 11.3 Å². The number of carbonyl (C=O) groups excluding carboxylic acids is 2. The second kappa shape index (κ2) is 8.71. The molecule has 1 atom stereocenters. The van der Waals surface area contributed by atoms with Crippen LogP contribution in [0.3, 0.4) is 0 Å². The van der Waals surface area contributed by atoms with Gasteiger partial charge in [0.25, 0.3) is 0 Å². The number of hydrogen-bond acceptors (Lipinski definition) is 3. The zero-order valence-corrected chi connectivity index (χ0v) is 16.5. The van der Waals surface area contributed by atoms with Gasteiger partial charge in [0.2, 0.25) is 0 Å². The van der Waals surface area contributed by atoms with Crippen molar-refractivity contribution >= 4 is 17.5 Å². The van der Waals surface area contributed by atoms with Crippen molar-refractivity contribution in [1.29, 1.82) is 0 Å². The molecule has 0 heterocycles. The van der Waals surface area contributed by atoms with Gasteiger partial charge in [0.1, 0.15) is 5.60 Å². The third-order valence-electron chi connectivity index (χ3n) is 4.81. The van der Waals surface area contributed by atoms with Crippen LogP contribution >= 0.6 is 0 Å². The summed E-state index contributed by atoms with van der Waals surface area (Å²) in [7, 11) is 0. The maximum absolute atomic E-state index is 12.1. The van der Waals surface area contributed by atoms with Gasteiger partial charge in [-0.15, -0.1) is 0 Å². The van der Waals surface area contributed by atoms with E-state index in [1.807, 2.05) is 73.7 Å². The van der Waals surface area contributed by atoms with E-state index in [2.05, 4.69) is 10.6 Å². The highest BCUT2D eigenvalue weighted by atomic mass is 16.3. The van der Waals surface area contributed by atoms with E-state index in [0.717, 1.165) is 16.7 Å². The molecule has 3 aromatic carbocycles. The molecular weight excluding hydrogens is 364 g/mol. The molecule has 0 fully saturated rings. The van der Waals surface area contributed by atoms with E-state index in [4.69, 9.17) is 0 Å². The van der Waals surface area contributed by atoms with Gasteiger partial charge in [0.15, 0.2) is 0 Å². The van der Waals surface area contributed by atoms with Crippen LogP contribution in [0.5, 0.6) is 0 Å². The van der Waals surface area contributed by atoms with E-state index in [9.17, 15) is 14.7 Å². The SMILES string of the molecule is Cc1ccccc1NC(=O)C(=O)NCC(C)(O)c1ccc(-c2ccccc2)cc1. The fourth-order valence-corrected chi connectivity index (χ4v) is 2.98. The Labute approximate surface area is 170 Å². The van der Waals surface area contributed by atoms with E-state index >= 15 is 0 Å². The summed E-state index contributed by atoms with van der Waals surface area (Å²) in [6.45, 7) is 3.36. The molecule has 0 spiro atoms. The Morgan fingerprint density at radius 2 is 1.41 bits per heavy atom. The largest absolute Gasteiger partial charge is 0.384 e. The average Bonchev–Trinajstić information content (AvgIpc) is 2.74. The number of nitrogens with one attached hydrogen (secondary N) is 2. The number of benzene rings is 3. The van der Waals surface area contributed by atoms with Gasteiger partial charge in [-0.1, -0.05) is 72.8 Å². The monoisotopic (exact) mass is 388 g/mol. The van der Waals surface area contributed by atoms with Crippen LogP contribution in [0.25, 0.3) is 11.1 Å². The highest BCUT2D eigenvalue weighted by Gasteiger charge is 2.25. The lowest BCUT2D eigenvalue weighted by atomic mass is 9.93. The number of rotatable bonds is 5. The Kier molecular flexibility index (Phi) is 6.10. The molecule has 0 aliphatic rings. The normalized spacial score (nSPS) is 12.7. The van der Waals surface area contributed by atoms with Crippen LogP contribution in [-0.4, -0.2) is 23.5 Å². The molecule has 0 bridgehead atoms. The van der Waals surface area contributed by atoms with E-state index < -0.39 is 17.4 Å². The van der Waals surface area contributed by atoms with Crippen LogP contribution < -0.4 is 10.6 Å². The van der Waals surface area contributed by atoms with Crippen LogP contribution in [0.2, 0.25) is 0 Å². The second-order valence-corrected chi connectivity index (χ2v) is 7.17. The predicted octanol–water partition coefficient (Wildman–Crippen LogP) is 3.62. The molecule has 148 valence electrons. The van der Waals surface area contributed by atoms with Crippen LogP contribution in [-0.2, 0) is 15.2 Å². The van der Waals surface area contributed by atoms with Gasteiger partial charge in [0, 0.05) is 5.69 Å². The third-order valence-corrected chi connectivity index (χ3v) is 4.81. The lowest BCUT2D eigenvalue weighted by Gasteiger charge is -2.24. The van der Waals surface area contributed by atoms with Crippen LogP contribution in [0.4, 0.5) is 5.69 Å². The summed E-state index contributed by atoms with van der Waals surface area (Å²) in [5.41, 5.74) is 2.90. The molecule has 2 amide bonds. The second-order valence-electron chi connectivity index (χ2n) is 7.17. The number of aryl methyl sites for hydroxylation is 1. The van der Waals surface area contributed by atoms with Crippen molar-refractivity contribution in [2.45, 2.75) is 19.4 Å². The highest BCUT2D eigenvalue weighted by molar-refractivity contribution is 6.39. The molecule has 29 heavy (non-hydrogen) atoms. The first-order valence-corrected chi connectivity index (χ1v) is 9.40. The van der Waals surface area contributed by atoms with Crippen molar-refractivity contribution in [3.8, 4) is 11.1 Å². The number of amides is 2. The molecule has 0 aliphatic carbocycles. The summed E-state index contributed by atoms with van der Waals surface area (Å²) in [5.74, 6) is -1.57. The van der Waals surface area contributed by atoms with E-state index in [1.165, 1.54) is 0 Å². The number of hydrogen-bond donors (Lipinski definition) is 3. The van der Waals surface area contributed by atoms with Crippen LogP contribution in [0.15, 0.2) is 78.9 Å². The molecule has 0 aliphatic heterocycles. The van der Waals surface area contributed by atoms with Crippen LogP contribution in [0.1, 0.15) is 18.1 Å². The Bertz CT molecular complexity index is 996. The van der Waals surface area contributed by atoms with Crippen molar-refractivity contribution in [2.75, 3.05) is 11.9 Å². The zero-order chi connectivity index (χ0) is 20.9. The highest BCUT2D eigenvalue weighted by Crippen LogP contribution is 2.24. The summed E-state index contributed by atoms with van der Waals surface area (Å²) in [5, 5.41) is 15.9.